The molecule has 14 heavy (non-hydrogen) atoms. The molecule has 1 unspecified atom stereocenters. The third kappa shape index (κ3) is 4.28. The van der Waals surface area contributed by atoms with E-state index in [0.29, 0.717) is 0 Å². The number of hydrogen-bond acceptors (Lipinski definition) is 2. The molecule has 0 bridgehead atoms. The molecule has 1 rings (SSSR count). The van der Waals surface area contributed by atoms with Crippen molar-refractivity contribution in [2.45, 2.75) is 39.6 Å². The summed E-state index contributed by atoms with van der Waals surface area (Å²) in [5, 5.41) is 0. The third-order valence-electron chi connectivity index (χ3n) is 1.51. The molecule has 0 heterocycles. The average molecular weight is 193 g/mol. The van der Waals surface area contributed by atoms with Crippen LogP contribution in [0.5, 0.6) is 5.75 Å². The van der Waals surface area contributed by atoms with Gasteiger partial charge in [-0.1, -0.05) is 12.1 Å². The van der Waals surface area contributed by atoms with Crippen LogP contribution in [0.3, 0.4) is 0 Å². The van der Waals surface area contributed by atoms with Crippen molar-refractivity contribution in [3.8, 4) is 5.75 Å². The zero-order chi connectivity index (χ0) is 10.6. The molecule has 0 spiro atoms. The summed E-state index contributed by atoms with van der Waals surface area (Å²) in [5.74, 6) is 0.806. The summed E-state index contributed by atoms with van der Waals surface area (Å²) in [6.07, 6.45) is -0.239. The van der Waals surface area contributed by atoms with Gasteiger partial charge in [-0.25, -0.2) is 0 Å². The molecule has 2 heteroatoms. The smallest absolute Gasteiger partial charge is 0.197 e. The van der Waals surface area contributed by atoms with Gasteiger partial charge < -0.3 is 9.47 Å². The van der Waals surface area contributed by atoms with Crippen LogP contribution in [0.4, 0.5) is 0 Å². The first kappa shape index (κ1) is 11.1. The zero-order valence-electron chi connectivity index (χ0n) is 9.20. The predicted octanol–water partition coefficient (Wildman–Crippen LogP) is 3.03. The van der Waals surface area contributed by atoms with Gasteiger partial charge in [0, 0.05) is 0 Å². The predicted molar refractivity (Wildman–Crippen MR) is 56.2 cm³/mol. The van der Waals surface area contributed by atoms with E-state index in [0.717, 1.165) is 5.75 Å². The highest BCUT2D eigenvalue weighted by Gasteiger charge is 2.15. The van der Waals surface area contributed by atoms with Gasteiger partial charge in [0.1, 0.15) is 5.75 Å². The van der Waals surface area contributed by atoms with Crippen molar-refractivity contribution in [3.63, 3.8) is 0 Å². The first-order valence-electron chi connectivity index (χ1n) is 4.78. The molecule has 1 atom stereocenters. The van der Waals surface area contributed by atoms with Crippen molar-refractivity contribution >= 4 is 0 Å². The Morgan fingerprint density at radius 1 is 1.21 bits per heavy atom. The van der Waals surface area contributed by atoms with Crippen LogP contribution in [0.25, 0.3) is 0 Å². The lowest BCUT2D eigenvalue weighted by Gasteiger charge is -2.25. The molecular formula is C12H17O2. The van der Waals surface area contributed by atoms with E-state index >= 15 is 0 Å². The van der Waals surface area contributed by atoms with Crippen molar-refractivity contribution in [1.29, 1.82) is 0 Å². The molecule has 0 aliphatic heterocycles. The molecule has 0 aromatic heterocycles. The Morgan fingerprint density at radius 3 is 2.29 bits per heavy atom. The van der Waals surface area contributed by atoms with Gasteiger partial charge in [0.15, 0.2) is 6.29 Å². The van der Waals surface area contributed by atoms with Crippen LogP contribution in [-0.2, 0) is 4.74 Å². The van der Waals surface area contributed by atoms with Gasteiger partial charge in [-0.15, -0.1) is 0 Å². The van der Waals surface area contributed by atoms with Gasteiger partial charge in [0.2, 0.25) is 0 Å². The van der Waals surface area contributed by atoms with Gasteiger partial charge in [-0.2, -0.15) is 0 Å². The van der Waals surface area contributed by atoms with Crippen molar-refractivity contribution in [2.24, 2.45) is 0 Å². The van der Waals surface area contributed by atoms with Crippen LogP contribution >= 0.6 is 0 Å². The Balaban J connectivity index is 2.46. The molecule has 1 radical (unpaired) electrons. The molecule has 0 aliphatic rings. The van der Waals surface area contributed by atoms with Gasteiger partial charge in [0.05, 0.1) is 5.60 Å². The lowest BCUT2D eigenvalue weighted by Crippen LogP contribution is -2.29. The summed E-state index contributed by atoms with van der Waals surface area (Å²) < 4.78 is 11.2. The van der Waals surface area contributed by atoms with E-state index in [1.165, 1.54) is 0 Å². The maximum atomic E-state index is 5.61. The Labute approximate surface area is 85.8 Å². The molecule has 0 saturated carbocycles. The molecule has 1 aromatic rings. The van der Waals surface area contributed by atoms with Gasteiger partial charge in [0.25, 0.3) is 0 Å². The standard InChI is InChI=1S/C12H17O2/c1-10(14-12(2,3)4)13-11-8-6-5-7-9-11/h6-10H,1-4H3. The quantitative estimate of drug-likeness (QED) is 0.687. The van der Waals surface area contributed by atoms with Crippen LogP contribution in [0, 0.1) is 6.07 Å². The second-order valence-electron chi connectivity index (χ2n) is 4.15. The first-order chi connectivity index (χ1) is 6.47. The van der Waals surface area contributed by atoms with E-state index in [-0.39, 0.29) is 11.9 Å². The van der Waals surface area contributed by atoms with E-state index in [1.807, 2.05) is 52.0 Å². The summed E-state index contributed by atoms with van der Waals surface area (Å²) >= 11 is 0. The average Bonchev–Trinajstić information content (AvgIpc) is 2.02. The normalized spacial score (nSPS) is 13.7. The maximum absolute atomic E-state index is 5.61. The minimum atomic E-state index is -0.239. The van der Waals surface area contributed by atoms with Crippen LogP contribution in [-0.4, -0.2) is 11.9 Å². The lowest BCUT2D eigenvalue weighted by atomic mass is 10.2. The number of benzene rings is 1. The lowest BCUT2D eigenvalue weighted by molar-refractivity contribution is -0.140. The third-order valence-corrected chi connectivity index (χ3v) is 1.51. The SMILES string of the molecule is CC(Oc1cc[c]cc1)OC(C)(C)C. The second-order valence-corrected chi connectivity index (χ2v) is 4.15. The maximum Gasteiger partial charge on any atom is 0.197 e. The highest BCUT2D eigenvalue weighted by molar-refractivity contribution is 5.20. The molecule has 0 N–H and O–H groups in total. The zero-order valence-corrected chi connectivity index (χ0v) is 9.20. The topological polar surface area (TPSA) is 18.5 Å². The Morgan fingerprint density at radius 2 is 1.79 bits per heavy atom. The van der Waals surface area contributed by atoms with Crippen LogP contribution in [0.15, 0.2) is 24.3 Å². The summed E-state index contributed by atoms with van der Waals surface area (Å²) in [4.78, 5) is 0. The number of hydrogen-bond donors (Lipinski definition) is 0. The van der Waals surface area contributed by atoms with Gasteiger partial charge >= 0.3 is 0 Å². The first-order valence-corrected chi connectivity index (χ1v) is 4.78. The van der Waals surface area contributed by atoms with E-state index in [1.54, 1.807) is 0 Å². The van der Waals surface area contributed by atoms with E-state index in [4.69, 9.17) is 9.47 Å². The van der Waals surface area contributed by atoms with Crippen molar-refractivity contribution in [1.82, 2.24) is 0 Å². The fourth-order valence-corrected chi connectivity index (χ4v) is 1.16. The fraction of sp³-hybridized carbons (Fsp3) is 0.500. The molecule has 0 amide bonds. The summed E-state index contributed by atoms with van der Waals surface area (Å²) in [7, 11) is 0. The fourth-order valence-electron chi connectivity index (χ4n) is 1.16. The Bertz CT molecular complexity index is 261. The Hall–Kier alpha value is -1.02. The molecule has 2 nitrogen and oxygen atoms in total. The van der Waals surface area contributed by atoms with Crippen LogP contribution in [0.2, 0.25) is 0 Å². The van der Waals surface area contributed by atoms with Gasteiger partial charge in [-0.3, -0.25) is 0 Å². The van der Waals surface area contributed by atoms with Crippen molar-refractivity contribution in [3.05, 3.63) is 30.3 Å². The molecule has 0 fully saturated rings. The summed E-state index contributed by atoms with van der Waals surface area (Å²) in [6, 6.07) is 10.3. The number of rotatable bonds is 3. The van der Waals surface area contributed by atoms with E-state index in [9.17, 15) is 0 Å². The van der Waals surface area contributed by atoms with Crippen molar-refractivity contribution < 1.29 is 9.47 Å². The minimum absolute atomic E-state index is 0.180. The number of ether oxygens (including phenoxy) is 2. The summed E-state index contributed by atoms with van der Waals surface area (Å²) in [5.41, 5.74) is -0.180. The molecule has 0 aliphatic carbocycles. The summed E-state index contributed by atoms with van der Waals surface area (Å²) in [6.45, 7) is 7.91. The largest absolute Gasteiger partial charge is 0.465 e. The highest BCUT2D eigenvalue weighted by atomic mass is 16.7. The van der Waals surface area contributed by atoms with Crippen LogP contribution in [0.1, 0.15) is 27.7 Å². The molecular weight excluding hydrogens is 176 g/mol. The molecule has 1 aromatic carbocycles. The highest BCUT2D eigenvalue weighted by Crippen LogP contribution is 2.15. The van der Waals surface area contributed by atoms with Crippen LogP contribution < -0.4 is 4.74 Å². The van der Waals surface area contributed by atoms with Crippen molar-refractivity contribution in [2.75, 3.05) is 0 Å². The monoisotopic (exact) mass is 193 g/mol. The second kappa shape index (κ2) is 4.47. The molecule has 0 saturated heterocycles. The Kier molecular flexibility index (Phi) is 3.53. The van der Waals surface area contributed by atoms with E-state index in [2.05, 4.69) is 6.07 Å². The molecule has 77 valence electrons. The minimum Gasteiger partial charge on any atom is -0.465 e. The van der Waals surface area contributed by atoms with E-state index < -0.39 is 0 Å². The van der Waals surface area contributed by atoms with Gasteiger partial charge in [-0.05, 0) is 45.9 Å².